The van der Waals surface area contributed by atoms with E-state index in [2.05, 4.69) is 50.3 Å². The second-order valence-corrected chi connectivity index (χ2v) is 5.47. The first-order valence-electron chi connectivity index (χ1n) is 6.73. The number of hydrogen-bond acceptors (Lipinski definition) is 0. The minimum Gasteiger partial charge on any atom is -0.0886 e. The number of rotatable bonds is 0. The van der Waals surface area contributed by atoms with Crippen molar-refractivity contribution < 1.29 is 0 Å². The van der Waals surface area contributed by atoms with Gasteiger partial charge in [0.1, 0.15) is 7.85 Å². The molecule has 0 saturated carbocycles. The van der Waals surface area contributed by atoms with E-state index in [1.165, 1.54) is 52.6 Å². The second-order valence-electron chi connectivity index (χ2n) is 5.47. The third-order valence-corrected chi connectivity index (χ3v) is 4.27. The van der Waals surface area contributed by atoms with Crippen molar-refractivity contribution in [3.63, 3.8) is 0 Å². The lowest BCUT2D eigenvalue weighted by molar-refractivity contribution is 0.896. The largest absolute Gasteiger partial charge is 0.139 e. The molecule has 0 atom stereocenters. The average Bonchev–Trinajstić information content (AvgIpc) is 2.76. The SMILES string of the molecule is Bc1ccc2c(c1)CC1=C2c2ccccc2CC1. The zero-order chi connectivity index (χ0) is 12.1. The smallest absolute Gasteiger partial charge is 0.0886 e. The van der Waals surface area contributed by atoms with Gasteiger partial charge in [0.2, 0.25) is 0 Å². The first-order valence-corrected chi connectivity index (χ1v) is 6.73. The van der Waals surface area contributed by atoms with Gasteiger partial charge in [0, 0.05) is 0 Å². The molecule has 2 aliphatic rings. The van der Waals surface area contributed by atoms with Crippen LogP contribution in [0.1, 0.15) is 28.7 Å². The van der Waals surface area contributed by atoms with E-state index in [9.17, 15) is 0 Å². The molecule has 86 valence electrons. The molecule has 0 spiro atoms. The van der Waals surface area contributed by atoms with E-state index in [-0.39, 0.29) is 0 Å². The maximum absolute atomic E-state index is 2.36. The summed E-state index contributed by atoms with van der Waals surface area (Å²) < 4.78 is 0. The maximum atomic E-state index is 2.36. The van der Waals surface area contributed by atoms with Gasteiger partial charge in [-0.25, -0.2) is 0 Å². The number of benzene rings is 2. The van der Waals surface area contributed by atoms with Crippen molar-refractivity contribution in [2.45, 2.75) is 19.3 Å². The first-order chi connectivity index (χ1) is 8.83. The number of hydrogen-bond donors (Lipinski definition) is 0. The lowest BCUT2D eigenvalue weighted by Gasteiger charge is -2.19. The summed E-state index contributed by atoms with van der Waals surface area (Å²) in [6.45, 7) is 0. The molecule has 0 fully saturated rings. The summed E-state index contributed by atoms with van der Waals surface area (Å²) in [7, 11) is 2.19. The molecular formula is C17H15B. The first kappa shape index (κ1) is 10.2. The average molecular weight is 230 g/mol. The fraction of sp³-hybridized carbons (Fsp3) is 0.176. The molecule has 4 rings (SSSR count). The number of aryl methyl sites for hydroxylation is 1. The van der Waals surface area contributed by atoms with Gasteiger partial charge in [-0.2, -0.15) is 0 Å². The van der Waals surface area contributed by atoms with Crippen molar-refractivity contribution in [2.24, 2.45) is 0 Å². The van der Waals surface area contributed by atoms with Gasteiger partial charge < -0.3 is 0 Å². The van der Waals surface area contributed by atoms with Crippen molar-refractivity contribution in [3.8, 4) is 0 Å². The van der Waals surface area contributed by atoms with Crippen LogP contribution in [0.2, 0.25) is 0 Å². The highest BCUT2D eigenvalue weighted by Crippen LogP contribution is 2.43. The van der Waals surface area contributed by atoms with E-state index in [1.807, 2.05) is 0 Å². The Labute approximate surface area is 109 Å². The van der Waals surface area contributed by atoms with Gasteiger partial charge in [0.25, 0.3) is 0 Å². The summed E-state index contributed by atoms with van der Waals surface area (Å²) in [5.41, 5.74) is 10.5. The van der Waals surface area contributed by atoms with Crippen molar-refractivity contribution in [3.05, 3.63) is 70.3 Å². The minimum atomic E-state index is 1.17. The fourth-order valence-electron chi connectivity index (χ4n) is 3.44. The van der Waals surface area contributed by atoms with Crippen molar-refractivity contribution in [2.75, 3.05) is 0 Å². The van der Waals surface area contributed by atoms with Crippen LogP contribution in [0.15, 0.2) is 48.0 Å². The summed E-state index contributed by atoms with van der Waals surface area (Å²) in [5, 5.41) is 0. The Hall–Kier alpha value is -1.76. The van der Waals surface area contributed by atoms with Gasteiger partial charge in [-0.05, 0) is 47.1 Å². The summed E-state index contributed by atoms with van der Waals surface area (Å²) >= 11 is 0. The third kappa shape index (κ3) is 1.34. The molecular weight excluding hydrogens is 215 g/mol. The van der Waals surface area contributed by atoms with Crippen LogP contribution >= 0.6 is 0 Å². The topological polar surface area (TPSA) is 0 Å². The van der Waals surface area contributed by atoms with Crippen molar-refractivity contribution in [1.29, 1.82) is 0 Å². The van der Waals surface area contributed by atoms with Crippen LogP contribution in [0.25, 0.3) is 5.57 Å². The highest BCUT2D eigenvalue weighted by atomic mass is 14.3. The molecule has 0 aliphatic heterocycles. The lowest BCUT2D eigenvalue weighted by atomic mass is 9.85. The van der Waals surface area contributed by atoms with Crippen LogP contribution in [0, 0.1) is 0 Å². The van der Waals surface area contributed by atoms with Gasteiger partial charge >= 0.3 is 0 Å². The van der Waals surface area contributed by atoms with Gasteiger partial charge in [-0.3, -0.25) is 0 Å². The summed E-state index contributed by atoms with van der Waals surface area (Å²) in [4.78, 5) is 0. The standard InChI is InChI=1S/C17H15B/c18-14-7-8-16-13(10-14)9-12-6-5-11-3-1-2-4-15(11)17(12)16/h1-4,7-8,10H,5-6,9,18H2. The molecule has 0 radical (unpaired) electrons. The molecule has 0 bridgehead atoms. The Morgan fingerprint density at radius 3 is 2.61 bits per heavy atom. The van der Waals surface area contributed by atoms with Gasteiger partial charge in [-0.15, -0.1) is 0 Å². The van der Waals surface area contributed by atoms with Crippen LogP contribution in [-0.4, -0.2) is 7.85 Å². The Balaban J connectivity index is 1.96. The van der Waals surface area contributed by atoms with E-state index in [0.717, 1.165) is 0 Å². The molecule has 0 nitrogen and oxygen atoms in total. The van der Waals surface area contributed by atoms with Crippen molar-refractivity contribution in [1.82, 2.24) is 0 Å². The second kappa shape index (κ2) is 3.62. The molecule has 0 saturated heterocycles. The summed E-state index contributed by atoms with van der Waals surface area (Å²) in [6, 6.07) is 15.8. The number of fused-ring (bicyclic) bond motifs is 4. The highest BCUT2D eigenvalue weighted by Gasteiger charge is 2.26. The molecule has 0 aromatic heterocycles. The van der Waals surface area contributed by atoms with E-state index in [0.29, 0.717) is 0 Å². The lowest BCUT2D eigenvalue weighted by Crippen LogP contribution is -2.04. The fourth-order valence-corrected chi connectivity index (χ4v) is 3.44. The molecule has 2 aliphatic carbocycles. The predicted octanol–water partition coefficient (Wildman–Crippen LogP) is 2.25. The molecule has 0 N–H and O–H groups in total. The van der Waals surface area contributed by atoms with Gasteiger partial charge in [0.05, 0.1) is 0 Å². The monoisotopic (exact) mass is 230 g/mol. The van der Waals surface area contributed by atoms with Gasteiger partial charge in [0.15, 0.2) is 0 Å². The third-order valence-electron chi connectivity index (χ3n) is 4.27. The molecule has 0 amide bonds. The van der Waals surface area contributed by atoms with Crippen LogP contribution in [-0.2, 0) is 12.8 Å². The molecule has 2 aromatic rings. The normalized spacial score (nSPS) is 16.2. The molecule has 1 heteroatoms. The molecule has 18 heavy (non-hydrogen) atoms. The maximum Gasteiger partial charge on any atom is 0.139 e. The predicted molar refractivity (Wildman–Crippen MR) is 79.1 cm³/mol. The van der Waals surface area contributed by atoms with Crippen LogP contribution in [0.3, 0.4) is 0 Å². The zero-order valence-electron chi connectivity index (χ0n) is 10.7. The summed E-state index contributed by atoms with van der Waals surface area (Å²) in [6.07, 6.45) is 3.61. The molecule has 0 heterocycles. The van der Waals surface area contributed by atoms with Crippen LogP contribution in [0.5, 0.6) is 0 Å². The van der Waals surface area contributed by atoms with Crippen molar-refractivity contribution >= 4 is 18.9 Å². The minimum absolute atomic E-state index is 1.17. The zero-order valence-corrected chi connectivity index (χ0v) is 10.7. The molecule has 2 aromatic carbocycles. The molecule has 0 unspecified atom stereocenters. The Bertz CT molecular complexity index is 680. The number of allylic oxidation sites excluding steroid dienone is 1. The Morgan fingerprint density at radius 2 is 1.67 bits per heavy atom. The summed E-state index contributed by atoms with van der Waals surface area (Å²) in [5.74, 6) is 0. The quantitative estimate of drug-likeness (QED) is 0.609. The van der Waals surface area contributed by atoms with E-state index < -0.39 is 0 Å². The van der Waals surface area contributed by atoms with Crippen LogP contribution < -0.4 is 5.46 Å². The Kier molecular flexibility index (Phi) is 2.05. The highest BCUT2D eigenvalue weighted by molar-refractivity contribution is 6.32. The Morgan fingerprint density at radius 1 is 0.833 bits per heavy atom. The van der Waals surface area contributed by atoms with E-state index in [1.54, 1.807) is 5.57 Å². The van der Waals surface area contributed by atoms with E-state index >= 15 is 0 Å². The van der Waals surface area contributed by atoms with Crippen LogP contribution in [0.4, 0.5) is 0 Å². The van der Waals surface area contributed by atoms with E-state index in [4.69, 9.17) is 0 Å². The van der Waals surface area contributed by atoms with Gasteiger partial charge in [-0.1, -0.05) is 53.5 Å².